The zero-order valence-electron chi connectivity index (χ0n) is 31.0. The monoisotopic (exact) mass is 983 g/mol. The first-order chi connectivity index (χ1) is 26.2. The van der Waals surface area contributed by atoms with Crippen LogP contribution in [0.1, 0.15) is 0 Å². The van der Waals surface area contributed by atoms with Gasteiger partial charge in [0.15, 0.2) is 27.9 Å². The number of hydrogen-bond donors (Lipinski definition) is 3. The Morgan fingerprint density at radius 2 is 1.35 bits per heavy atom. The van der Waals surface area contributed by atoms with Gasteiger partial charge >= 0.3 is 118 Å². The van der Waals surface area contributed by atoms with Gasteiger partial charge in [-0.15, -0.1) is 9.45 Å². The second-order valence-electron chi connectivity index (χ2n) is 10.6. The summed E-state index contributed by atoms with van der Waals surface area (Å²) in [5.74, 6) is -2.51. The van der Waals surface area contributed by atoms with Crippen LogP contribution in [0.3, 0.4) is 0 Å². The van der Waals surface area contributed by atoms with E-state index < -0.39 is 106 Å². The van der Waals surface area contributed by atoms with E-state index in [0.717, 1.165) is 36.4 Å². The molecule has 0 bridgehead atoms. The van der Waals surface area contributed by atoms with E-state index in [9.17, 15) is 57.7 Å². The van der Waals surface area contributed by atoms with E-state index in [1.807, 2.05) is 0 Å². The molecule has 1 aromatic heterocycles. The zero-order chi connectivity index (χ0) is 41.1. The third-order valence-electron chi connectivity index (χ3n) is 6.92. The molecule has 0 saturated carbocycles. The van der Waals surface area contributed by atoms with Crippen molar-refractivity contribution < 1.29 is 189 Å². The number of aromatic hydroxyl groups is 1. The quantitative estimate of drug-likeness (QED) is 0.0157. The molecular formula is C27H18ClN7Na4O16S5. The number of azo groups is 1. The molecule has 0 aliphatic heterocycles. The minimum absolute atomic E-state index is 0. The maximum Gasteiger partial charge on any atom is 1.00 e. The van der Waals surface area contributed by atoms with Gasteiger partial charge in [-0.2, -0.15) is 20.1 Å². The Hall–Kier alpha value is -0.690. The minimum Gasteiger partial charge on any atom is -0.744 e. The molecular weight excluding hydrogens is 966 g/mol. The van der Waals surface area contributed by atoms with Gasteiger partial charge in [0.1, 0.15) is 36.0 Å². The molecule has 0 radical (unpaired) electrons. The average Bonchev–Trinajstić information content (AvgIpc) is 3.09. The topological polar surface area (TPSA) is 364 Å². The van der Waals surface area contributed by atoms with Crippen LogP contribution in [0.2, 0.25) is 5.28 Å². The van der Waals surface area contributed by atoms with Gasteiger partial charge in [-0.05, 0) is 77.7 Å². The van der Waals surface area contributed by atoms with Crippen molar-refractivity contribution in [2.75, 3.05) is 23.0 Å². The molecule has 0 saturated heterocycles. The molecule has 0 fully saturated rings. The number of nitrogens with one attached hydrogen (secondary N) is 2. The normalized spacial score (nSPS) is 11.8. The second-order valence-corrected chi connectivity index (χ2v) is 17.6. The molecule has 0 aliphatic rings. The van der Waals surface area contributed by atoms with Crippen LogP contribution < -0.4 is 134 Å². The maximum absolute atomic E-state index is 12.6. The molecule has 5 aromatic rings. The van der Waals surface area contributed by atoms with Crippen molar-refractivity contribution in [3.05, 3.63) is 72.0 Å². The second kappa shape index (κ2) is 24.0. The van der Waals surface area contributed by atoms with Crippen LogP contribution in [0, 0.1) is 0 Å². The average molecular weight is 984 g/mol. The van der Waals surface area contributed by atoms with Gasteiger partial charge < -0.3 is 34.7 Å². The van der Waals surface area contributed by atoms with E-state index in [4.69, 9.17) is 15.8 Å². The Labute approximate surface area is 438 Å². The smallest absolute Gasteiger partial charge is 0.744 e. The van der Waals surface area contributed by atoms with E-state index >= 15 is 0 Å². The third kappa shape index (κ3) is 15.5. The molecule has 0 atom stereocenters. The number of phenolic OH excluding ortho intramolecular Hbond substituents is 1. The summed E-state index contributed by atoms with van der Waals surface area (Å²) in [6.45, 7) is -0.408. The Balaban J connectivity index is 0.00000450. The van der Waals surface area contributed by atoms with Gasteiger partial charge in [-0.25, -0.2) is 33.7 Å². The van der Waals surface area contributed by atoms with Gasteiger partial charge in [0.25, 0.3) is 0 Å². The Kier molecular flexibility index (Phi) is 22.9. The summed E-state index contributed by atoms with van der Waals surface area (Å²) >= 11 is 6.15. The molecule has 298 valence electrons. The largest absolute Gasteiger partial charge is 1.00 e. The number of benzene rings is 4. The Morgan fingerprint density at radius 1 is 0.733 bits per heavy atom. The van der Waals surface area contributed by atoms with Gasteiger partial charge in [-0.3, -0.25) is 9.22 Å². The molecule has 3 N–H and O–H groups in total. The van der Waals surface area contributed by atoms with Crippen LogP contribution in [0.4, 0.5) is 34.6 Å². The summed E-state index contributed by atoms with van der Waals surface area (Å²) in [5.41, 5.74) is -1.57. The SMILES string of the molecule is O=S(=O)([O-])c1cccc(Nc2nc(Cl)nc(Nc3cc(S(=O)(=O)[O-])cc4cc(S(=O)(=O)[O-])c(N=Nc5ccc(S(=O)(=O)CCOSOO[O-])cc5)c(O)c34)n2)c1.[Na+].[Na+].[Na+].[Na+]. The number of aromatic nitrogens is 3. The number of nitrogens with zero attached hydrogens (tertiary/aromatic N) is 5. The number of phenols is 1. The van der Waals surface area contributed by atoms with Gasteiger partial charge in [0, 0.05) is 11.1 Å². The number of sulfone groups is 1. The predicted octanol–water partition coefficient (Wildman–Crippen LogP) is -9.41. The van der Waals surface area contributed by atoms with Crippen LogP contribution >= 0.6 is 23.9 Å². The summed E-state index contributed by atoms with van der Waals surface area (Å²) < 4.78 is 141. The first-order valence-electron chi connectivity index (χ1n) is 14.4. The fraction of sp³-hybridized carbons (Fsp3) is 0.0741. The van der Waals surface area contributed by atoms with Crippen molar-refractivity contribution in [1.82, 2.24) is 15.0 Å². The summed E-state index contributed by atoms with van der Waals surface area (Å²) in [6, 6.07) is 11.0. The molecule has 23 nitrogen and oxygen atoms in total. The van der Waals surface area contributed by atoms with Crippen LogP contribution in [-0.4, -0.2) is 79.7 Å². The van der Waals surface area contributed by atoms with Gasteiger partial charge in [0.05, 0.1) is 43.3 Å². The summed E-state index contributed by atoms with van der Waals surface area (Å²) in [7, 11) is -19.6. The van der Waals surface area contributed by atoms with Crippen LogP contribution in [0.5, 0.6) is 5.75 Å². The Bertz CT molecular complexity index is 2820. The number of anilines is 4. The third-order valence-corrected chi connectivity index (χ3v) is 11.6. The fourth-order valence-electron chi connectivity index (χ4n) is 4.59. The molecule has 1 heterocycles. The van der Waals surface area contributed by atoms with Crippen LogP contribution in [-0.2, 0) is 53.7 Å². The molecule has 0 aliphatic carbocycles. The van der Waals surface area contributed by atoms with Gasteiger partial charge in [0.2, 0.25) is 17.2 Å². The van der Waals surface area contributed by atoms with E-state index in [0.29, 0.717) is 18.2 Å². The molecule has 4 aromatic carbocycles. The van der Waals surface area contributed by atoms with Gasteiger partial charge in [-0.1, -0.05) is 6.07 Å². The Morgan fingerprint density at radius 3 is 1.93 bits per heavy atom. The van der Waals surface area contributed by atoms with Crippen molar-refractivity contribution in [3.8, 4) is 5.75 Å². The number of rotatable bonds is 16. The molecule has 33 heteroatoms. The van der Waals surface area contributed by atoms with E-state index in [1.54, 1.807) is 0 Å². The van der Waals surface area contributed by atoms with Crippen LogP contribution in [0.15, 0.2) is 96.5 Å². The minimum atomic E-state index is -5.52. The zero-order valence-corrected chi connectivity index (χ0v) is 43.8. The molecule has 0 unspecified atom stereocenters. The molecule has 5 rings (SSSR count). The predicted molar refractivity (Wildman–Crippen MR) is 186 cm³/mol. The summed E-state index contributed by atoms with van der Waals surface area (Å²) in [4.78, 5) is 8.69. The summed E-state index contributed by atoms with van der Waals surface area (Å²) in [6.07, 6.45) is 0. The van der Waals surface area contributed by atoms with E-state index in [-0.39, 0.29) is 153 Å². The molecule has 0 spiro atoms. The van der Waals surface area contributed by atoms with Crippen molar-refractivity contribution in [2.45, 2.75) is 19.6 Å². The maximum atomic E-state index is 12.6. The van der Waals surface area contributed by atoms with Crippen LogP contribution in [0.25, 0.3) is 10.8 Å². The molecule has 0 amide bonds. The van der Waals surface area contributed by atoms with Crippen molar-refractivity contribution in [3.63, 3.8) is 0 Å². The number of hydrogen-bond acceptors (Lipinski definition) is 24. The van der Waals surface area contributed by atoms with Crippen molar-refractivity contribution >= 4 is 110 Å². The number of halogens is 1. The van der Waals surface area contributed by atoms with E-state index in [2.05, 4.69) is 45.2 Å². The molecule has 60 heavy (non-hydrogen) atoms. The standard InChI is InChI=1S/C27H22ClN7O16S5.4Na/c28-25-31-26(29-16-2-1-3-18(12-16)54(40,41)42)33-27(32-25)30-20-13-19(55(43,44)45)10-14-11-21(56(46,47)48)23(24(36)22(14)20)35-34-15-4-6-17(7-5-15)53(38,39)9-8-49-52-51-50-37;;;;/h1-7,10-13,36-37H,8-9H2,(H,40,41,42)(H,43,44,45)(H,46,47,48)(H2,29,30,31,32,33);;;;/q;4*+1/p-4. The van der Waals surface area contributed by atoms with E-state index in [1.165, 1.54) is 12.1 Å². The van der Waals surface area contributed by atoms with Crippen molar-refractivity contribution in [2.24, 2.45) is 10.2 Å². The summed E-state index contributed by atoms with van der Waals surface area (Å²) in [5, 5.41) is 35.4. The number of fused-ring (bicyclic) bond motifs is 1. The van der Waals surface area contributed by atoms with Crippen molar-refractivity contribution in [1.29, 1.82) is 0 Å². The first kappa shape index (κ1) is 57.3. The fourth-order valence-corrected chi connectivity index (χ4v) is 7.85. The first-order valence-corrected chi connectivity index (χ1v) is 21.3.